The van der Waals surface area contributed by atoms with Crippen LogP contribution in [0, 0.1) is 11.6 Å². The molecule has 5 heteroatoms. The maximum absolute atomic E-state index is 12.8. The number of hydrogen-bond donors (Lipinski definition) is 0. The maximum atomic E-state index is 12.8. The van der Waals surface area contributed by atoms with Gasteiger partial charge in [-0.1, -0.05) is 13.8 Å². The van der Waals surface area contributed by atoms with Crippen molar-refractivity contribution in [3.63, 3.8) is 0 Å². The second kappa shape index (κ2) is 9.38. The molecule has 0 aliphatic rings. The first-order valence-corrected chi connectivity index (χ1v) is 7.39. The van der Waals surface area contributed by atoms with Crippen molar-refractivity contribution in [3.05, 3.63) is 29.8 Å². The fraction of sp³-hybridized carbons (Fsp3) is 0.588. The van der Waals surface area contributed by atoms with Gasteiger partial charge in [0.15, 0.2) is 0 Å². The van der Waals surface area contributed by atoms with Crippen LogP contribution in [-0.2, 0) is 9.53 Å². The van der Waals surface area contributed by atoms with Crippen LogP contribution in [0.25, 0.3) is 0 Å². The lowest BCUT2D eigenvalue weighted by Crippen LogP contribution is -2.21. The Morgan fingerprint density at radius 2 is 1.55 bits per heavy atom. The Morgan fingerprint density at radius 3 is 1.82 bits per heavy atom. The van der Waals surface area contributed by atoms with Gasteiger partial charge in [0.2, 0.25) is 0 Å². The Morgan fingerprint density at radius 1 is 1.09 bits per heavy atom. The second-order valence-corrected chi connectivity index (χ2v) is 5.87. The molecule has 0 saturated carbocycles. The minimum Gasteiger partial charge on any atom is -0.490 e. The Labute approximate surface area is 131 Å². The summed E-state index contributed by atoms with van der Waals surface area (Å²) in [7, 11) is 0. The van der Waals surface area contributed by atoms with Gasteiger partial charge in [0, 0.05) is 25.1 Å². The third-order valence-corrected chi connectivity index (χ3v) is 2.50. The first-order valence-electron chi connectivity index (χ1n) is 7.39. The molecule has 0 fully saturated rings. The van der Waals surface area contributed by atoms with Crippen molar-refractivity contribution >= 4 is 5.97 Å². The predicted molar refractivity (Wildman–Crippen MR) is 82.9 cm³/mol. The van der Waals surface area contributed by atoms with Crippen LogP contribution in [0.3, 0.4) is 0 Å². The fourth-order valence-electron chi connectivity index (χ4n) is 1.68. The predicted octanol–water partition coefficient (Wildman–Crippen LogP) is 4.88. The summed E-state index contributed by atoms with van der Waals surface area (Å²) < 4.78 is 35.7. The van der Waals surface area contributed by atoms with Crippen molar-refractivity contribution < 1.29 is 23.0 Å². The average molecular weight is 316 g/mol. The molecule has 1 rings (SSSR count). The lowest BCUT2D eigenvalue weighted by Gasteiger charge is -2.17. The summed E-state index contributed by atoms with van der Waals surface area (Å²) >= 11 is 0. The van der Waals surface area contributed by atoms with E-state index in [1.54, 1.807) is 0 Å². The first-order chi connectivity index (χ1) is 10.1. The van der Waals surface area contributed by atoms with Gasteiger partial charge in [-0.3, -0.25) is 4.79 Å². The minimum absolute atomic E-state index is 0.0243. The van der Waals surface area contributed by atoms with Crippen LogP contribution >= 0.6 is 0 Å². The average Bonchev–Trinajstić information content (AvgIpc) is 2.32. The molecule has 1 aromatic carbocycles. The molecule has 0 atom stereocenters. The van der Waals surface area contributed by atoms with E-state index in [1.165, 1.54) is 19.1 Å². The van der Waals surface area contributed by atoms with Crippen molar-refractivity contribution in [2.45, 2.75) is 66.1 Å². The maximum Gasteiger partial charge on any atom is 0.303 e. The van der Waals surface area contributed by atoms with Gasteiger partial charge in [0.05, 0.1) is 6.10 Å². The largest absolute Gasteiger partial charge is 0.490 e. The molecule has 1 aromatic rings. The summed E-state index contributed by atoms with van der Waals surface area (Å²) in [6.45, 7) is 10.9. The van der Waals surface area contributed by atoms with Crippen LogP contribution in [0.2, 0.25) is 0 Å². The Bertz CT molecular complexity index is 443. The third-order valence-electron chi connectivity index (χ3n) is 2.50. The van der Waals surface area contributed by atoms with Gasteiger partial charge in [-0.2, -0.15) is 0 Å². The zero-order valence-corrected chi connectivity index (χ0v) is 14.2. The summed E-state index contributed by atoms with van der Waals surface area (Å²) in [6.07, 6.45) is 1.68. The number of carbonyl (C=O) groups excluding carboxylic acids is 1. The van der Waals surface area contributed by atoms with Crippen molar-refractivity contribution in [2.75, 3.05) is 0 Å². The molecule has 0 heterocycles. The number of halogens is 2. The molecular formula is C17H26F2O3. The summed E-state index contributed by atoms with van der Waals surface area (Å²) in [4.78, 5) is 10.2. The van der Waals surface area contributed by atoms with E-state index in [2.05, 4.69) is 0 Å². The van der Waals surface area contributed by atoms with E-state index >= 15 is 0 Å². The molecular weight excluding hydrogens is 290 g/mol. The summed E-state index contributed by atoms with van der Waals surface area (Å²) in [6, 6.07) is 3.22. The van der Waals surface area contributed by atoms with Crippen LogP contribution in [-0.4, -0.2) is 17.7 Å². The smallest absolute Gasteiger partial charge is 0.303 e. The van der Waals surface area contributed by atoms with Crippen molar-refractivity contribution in [2.24, 2.45) is 0 Å². The SMILES string of the molecule is CC(=O)OC(C)(C)C.CCC(CC)Oc1cc(F)cc(F)c1. The molecule has 0 saturated heterocycles. The summed E-state index contributed by atoms with van der Waals surface area (Å²) in [5.74, 6) is -1.18. The van der Waals surface area contributed by atoms with E-state index in [1.807, 2.05) is 34.6 Å². The van der Waals surface area contributed by atoms with Gasteiger partial charge in [0.1, 0.15) is 23.0 Å². The first kappa shape index (κ1) is 20.3. The summed E-state index contributed by atoms with van der Waals surface area (Å²) in [5, 5.41) is 0. The van der Waals surface area contributed by atoms with E-state index in [0.717, 1.165) is 18.9 Å². The molecule has 22 heavy (non-hydrogen) atoms. The van der Waals surface area contributed by atoms with Crippen LogP contribution in [0.1, 0.15) is 54.4 Å². The standard InChI is InChI=1S/C11H14F2O.C6H12O2/c1-3-10(4-2)14-11-6-8(12)5-9(13)7-11;1-5(7)8-6(2,3)4/h5-7,10H,3-4H2,1-2H3;1-4H3. The number of carbonyl (C=O) groups is 1. The molecule has 0 unspecified atom stereocenters. The van der Waals surface area contributed by atoms with Gasteiger partial charge in [-0.15, -0.1) is 0 Å². The Hall–Kier alpha value is -1.65. The van der Waals surface area contributed by atoms with Crippen molar-refractivity contribution in [1.82, 2.24) is 0 Å². The van der Waals surface area contributed by atoms with Gasteiger partial charge < -0.3 is 9.47 Å². The highest BCUT2D eigenvalue weighted by atomic mass is 19.1. The Kier molecular flexibility index (Phi) is 8.68. The van der Waals surface area contributed by atoms with Crippen LogP contribution in [0.5, 0.6) is 5.75 Å². The van der Waals surface area contributed by atoms with Gasteiger partial charge in [0.25, 0.3) is 0 Å². The summed E-state index contributed by atoms with van der Waals surface area (Å²) in [5.41, 5.74) is -0.328. The monoisotopic (exact) mass is 316 g/mol. The zero-order valence-electron chi connectivity index (χ0n) is 14.2. The highest BCUT2D eigenvalue weighted by molar-refractivity contribution is 5.66. The molecule has 126 valence electrons. The lowest BCUT2D eigenvalue weighted by molar-refractivity contribution is -0.151. The molecule has 0 aromatic heterocycles. The highest BCUT2D eigenvalue weighted by Gasteiger charge is 2.11. The molecule has 0 aliphatic carbocycles. The number of ether oxygens (including phenoxy) is 2. The van der Waals surface area contributed by atoms with Gasteiger partial charge in [-0.05, 0) is 33.6 Å². The molecule has 0 bridgehead atoms. The second-order valence-electron chi connectivity index (χ2n) is 5.87. The third kappa shape index (κ3) is 10.1. The number of hydrogen-bond acceptors (Lipinski definition) is 3. The fourth-order valence-corrected chi connectivity index (χ4v) is 1.68. The minimum atomic E-state index is -0.606. The van der Waals surface area contributed by atoms with E-state index in [4.69, 9.17) is 9.47 Å². The number of benzene rings is 1. The number of esters is 1. The normalized spacial score (nSPS) is 10.8. The van der Waals surface area contributed by atoms with Gasteiger partial charge >= 0.3 is 5.97 Å². The molecule has 0 N–H and O–H groups in total. The van der Waals surface area contributed by atoms with E-state index in [9.17, 15) is 13.6 Å². The van der Waals surface area contributed by atoms with Crippen LogP contribution < -0.4 is 4.74 Å². The number of rotatable bonds is 4. The van der Waals surface area contributed by atoms with Crippen LogP contribution in [0.4, 0.5) is 8.78 Å². The van der Waals surface area contributed by atoms with Gasteiger partial charge in [-0.25, -0.2) is 8.78 Å². The lowest BCUT2D eigenvalue weighted by atomic mass is 10.2. The Balaban J connectivity index is 0.000000472. The van der Waals surface area contributed by atoms with Crippen molar-refractivity contribution in [3.8, 4) is 5.75 Å². The molecule has 3 nitrogen and oxygen atoms in total. The van der Waals surface area contributed by atoms with E-state index < -0.39 is 11.6 Å². The molecule has 0 radical (unpaired) electrons. The molecule has 0 amide bonds. The quantitative estimate of drug-likeness (QED) is 0.743. The molecule has 0 aliphatic heterocycles. The topological polar surface area (TPSA) is 35.5 Å². The van der Waals surface area contributed by atoms with E-state index in [0.29, 0.717) is 0 Å². The van der Waals surface area contributed by atoms with Crippen LogP contribution in [0.15, 0.2) is 18.2 Å². The zero-order chi connectivity index (χ0) is 17.3. The highest BCUT2D eigenvalue weighted by Crippen LogP contribution is 2.18. The van der Waals surface area contributed by atoms with Crippen molar-refractivity contribution in [1.29, 1.82) is 0 Å². The molecule has 0 spiro atoms. The van der Waals surface area contributed by atoms with E-state index in [-0.39, 0.29) is 23.4 Å².